The maximum atomic E-state index is 5.57. The van der Waals surface area contributed by atoms with Gasteiger partial charge in [0.05, 0.1) is 19.8 Å². The highest BCUT2D eigenvalue weighted by Crippen LogP contribution is 2.28. The van der Waals surface area contributed by atoms with Gasteiger partial charge < -0.3 is 19.5 Å². The molecule has 1 aromatic carbocycles. The maximum Gasteiger partial charge on any atom is 0.161 e. The third kappa shape index (κ3) is 3.84. The van der Waals surface area contributed by atoms with Crippen LogP contribution in [-0.4, -0.2) is 38.0 Å². The molecule has 20 heavy (non-hydrogen) atoms. The van der Waals surface area contributed by atoms with Crippen molar-refractivity contribution in [3.05, 3.63) is 23.8 Å². The van der Waals surface area contributed by atoms with Crippen LogP contribution >= 0.6 is 12.2 Å². The summed E-state index contributed by atoms with van der Waals surface area (Å²) in [5.41, 5.74) is 0.929. The number of hydrogen-bond donors (Lipinski definition) is 1. The zero-order chi connectivity index (χ0) is 14.4. The van der Waals surface area contributed by atoms with E-state index in [9.17, 15) is 0 Å². The van der Waals surface area contributed by atoms with E-state index >= 15 is 0 Å². The molecule has 4 nitrogen and oxygen atoms in total. The van der Waals surface area contributed by atoms with Gasteiger partial charge in [0.1, 0.15) is 4.99 Å². The molecule has 1 aliphatic rings. The Morgan fingerprint density at radius 1 is 1.45 bits per heavy atom. The summed E-state index contributed by atoms with van der Waals surface area (Å²) < 4.78 is 16.4. The summed E-state index contributed by atoms with van der Waals surface area (Å²) in [6, 6.07) is 5.73. The summed E-state index contributed by atoms with van der Waals surface area (Å²) in [5.74, 6) is 1.44. The lowest BCUT2D eigenvalue weighted by molar-refractivity contribution is 0.114. The van der Waals surface area contributed by atoms with Crippen LogP contribution in [0.15, 0.2) is 18.2 Å². The number of nitrogens with one attached hydrogen (secondary N) is 1. The van der Waals surface area contributed by atoms with Crippen LogP contribution < -0.4 is 14.8 Å². The third-order valence-corrected chi connectivity index (χ3v) is 3.62. The van der Waals surface area contributed by atoms with Crippen molar-refractivity contribution in [3.63, 3.8) is 0 Å². The average Bonchev–Trinajstić information content (AvgIpc) is 2.98. The monoisotopic (exact) mass is 295 g/mol. The van der Waals surface area contributed by atoms with Crippen LogP contribution in [0.3, 0.4) is 0 Å². The van der Waals surface area contributed by atoms with E-state index < -0.39 is 0 Å². The molecule has 1 fully saturated rings. The van der Waals surface area contributed by atoms with Crippen LogP contribution in [0.5, 0.6) is 11.5 Å². The zero-order valence-electron chi connectivity index (χ0n) is 12.0. The van der Waals surface area contributed by atoms with Crippen LogP contribution in [0.4, 0.5) is 0 Å². The summed E-state index contributed by atoms with van der Waals surface area (Å²) >= 11 is 5.41. The van der Waals surface area contributed by atoms with E-state index in [-0.39, 0.29) is 6.10 Å². The molecule has 2 rings (SSSR count). The van der Waals surface area contributed by atoms with E-state index in [1.165, 1.54) is 0 Å². The molecule has 0 radical (unpaired) electrons. The molecule has 1 aliphatic heterocycles. The second kappa shape index (κ2) is 7.45. The first-order valence-corrected chi connectivity index (χ1v) is 7.36. The number of rotatable bonds is 6. The first-order valence-electron chi connectivity index (χ1n) is 6.95. The normalized spacial score (nSPS) is 17.8. The lowest BCUT2D eigenvalue weighted by Crippen LogP contribution is -2.31. The van der Waals surface area contributed by atoms with Crippen molar-refractivity contribution in [2.45, 2.75) is 25.9 Å². The highest BCUT2D eigenvalue weighted by molar-refractivity contribution is 7.80. The van der Waals surface area contributed by atoms with Crippen LogP contribution in [-0.2, 0) is 4.74 Å². The van der Waals surface area contributed by atoms with Gasteiger partial charge >= 0.3 is 0 Å². The minimum absolute atomic E-state index is 0.276. The van der Waals surface area contributed by atoms with Gasteiger partial charge in [-0.2, -0.15) is 0 Å². The topological polar surface area (TPSA) is 39.7 Å². The predicted octanol–water partition coefficient (Wildman–Crippen LogP) is 2.54. The quantitative estimate of drug-likeness (QED) is 0.817. The van der Waals surface area contributed by atoms with E-state index in [2.05, 4.69) is 5.32 Å². The van der Waals surface area contributed by atoms with Crippen molar-refractivity contribution in [1.82, 2.24) is 5.32 Å². The van der Waals surface area contributed by atoms with Crippen molar-refractivity contribution in [1.29, 1.82) is 0 Å². The largest absolute Gasteiger partial charge is 0.493 e. The molecule has 0 spiro atoms. The van der Waals surface area contributed by atoms with Gasteiger partial charge in [-0.3, -0.25) is 0 Å². The first-order chi connectivity index (χ1) is 9.74. The summed E-state index contributed by atoms with van der Waals surface area (Å²) in [7, 11) is 1.63. The predicted molar refractivity (Wildman–Crippen MR) is 82.8 cm³/mol. The van der Waals surface area contributed by atoms with Gasteiger partial charge in [-0.15, -0.1) is 0 Å². The maximum absolute atomic E-state index is 5.57. The fraction of sp³-hybridized carbons (Fsp3) is 0.533. The SMILES string of the molecule is CCOc1ccc(C(=S)NC[C@@H]2CCCO2)cc1OC. The van der Waals surface area contributed by atoms with Crippen LogP contribution in [0.1, 0.15) is 25.3 Å². The molecule has 0 amide bonds. The Hall–Kier alpha value is -1.33. The first kappa shape index (κ1) is 15.1. The second-order valence-corrected chi connectivity index (χ2v) is 5.05. The fourth-order valence-electron chi connectivity index (χ4n) is 2.20. The van der Waals surface area contributed by atoms with Gasteiger partial charge in [0.25, 0.3) is 0 Å². The van der Waals surface area contributed by atoms with E-state index in [4.69, 9.17) is 26.4 Å². The Morgan fingerprint density at radius 3 is 2.95 bits per heavy atom. The summed E-state index contributed by atoms with van der Waals surface area (Å²) in [5, 5.41) is 3.25. The number of thiocarbonyl (C=S) groups is 1. The van der Waals surface area contributed by atoms with Gasteiger partial charge in [-0.05, 0) is 38.0 Å². The molecule has 1 aromatic rings. The number of benzene rings is 1. The number of hydrogen-bond acceptors (Lipinski definition) is 4. The van der Waals surface area contributed by atoms with Crippen molar-refractivity contribution in [2.75, 3.05) is 26.9 Å². The molecule has 1 N–H and O–H groups in total. The zero-order valence-corrected chi connectivity index (χ0v) is 12.8. The van der Waals surface area contributed by atoms with Gasteiger partial charge in [0.2, 0.25) is 0 Å². The standard InChI is InChI=1S/C15H21NO3S/c1-3-18-13-7-6-11(9-14(13)17-2)15(20)16-10-12-5-4-8-19-12/h6-7,9,12H,3-5,8,10H2,1-2H3,(H,16,20)/t12-/m0/s1. The molecule has 0 aliphatic carbocycles. The Kier molecular flexibility index (Phi) is 5.61. The molecule has 1 heterocycles. The molecule has 0 aromatic heterocycles. The minimum Gasteiger partial charge on any atom is -0.493 e. The number of ether oxygens (including phenoxy) is 3. The minimum atomic E-state index is 0.276. The van der Waals surface area contributed by atoms with Gasteiger partial charge in [-0.1, -0.05) is 12.2 Å². The second-order valence-electron chi connectivity index (χ2n) is 4.64. The average molecular weight is 295 g/mol. The van der Waals surface area contributed by atoms with Gasteiger partial charge in [0.15, 0.2) is 11.5 Å². The Bertz CT molecular complexity index is 458. The Labute approximate surface area is 125 Å². The van der Waals surface area contributed by atoms with E-state index in [1.54, 1.807) is 7.11 Å². The molecule has 0 saturated carbocycles. The van der Waals surface area contributed by atoms with Crippen molar-refractivity contribution < 1.29 is 14.2 Å². The summed E-state index contributed by atoms with van der Waals surface area (Å²) in [6.45, 7) is 4.17. The van der Waals surface area contributed by atoms with E-state index in [1.807, 2.05) is 25.1 Å². The smallest absolute Gasteiger partial charge is 0.161 e. The molecule has 0 bridgehead atoms. The van der Waals surface area contributed by atoms with E-state index in [0.717, 1.165) is 37.3 Å². The molecule has 110 valence electrons. The number of methoxy groups -OCH3 is 1. The van der Waals surface area contributed by atoms with Crippen molar-refractivity contribution in [2.24, 2.45) is 0 Å². The molecule has 1 saturated heterocycles. The van der Waals surface area contributed by atoms with Gasteiger partial charge in [0, 0.05) is 18.7 Å². The highest BCUT2D eigenvalue weighted by atomic mass is 32.1. The van der Waals surface area contributed by atoms with Gasteiger partial charge in [-0.25, -0.2) is 0 Å². The van der Waals surface area contributed by atoms with Crippen LogP contribution in [0.2, 0.25) is 0 Å². The molecular weight excluding hydrogens is 274 g/mol. The molecular formula is C15H21NO3S. The van der Waals surface area contributed by atoms with E-state index in [0.29, 0.717) is 17.3 Å². The summed E-state index contributed by atoms with van der Waals surface area (Å²) in [4.78, 5) is 0.710. The molecule has 5 heteroatoms. The summed E-state index contributed by atoms with van der Waals surface area (Å²) in [6.07, 6.45) is 2.51. The van der Waals surface area contributed by atoms with Crippen LogP contribution in [0, 0.1) is 0 Å². The Morgan fingerprint density at radius 2 is 2.30 bits per heavy atom. The van der Waals surface area contributed by atoms with Crippen molar-refractivity contribution >= 4 is 17.2 Å². The fourth-order valence-corrected chi connectivity index (χ4v) is 2.41. The highest BCUT2D eigenvalue weighted by Gasteiger charge is 2.16. The third-order valence-electron chi connectivity index (χ3n) is 3.24. The molecule has 1 atom stereocenters. The lowest BCUT2D eigenvalue weighted by atomic mass is 10.2. The Balaban J connectivity index is 1.98. The lowest BCUT2D eigenvalue weighted by Gasteiger charge is -2.14. The van der Waals surface area contributed by atoms with Crippen molar-refractivity contribution in [3.8, 4) is 11.5 Å². The van der Waals surface area contributed by atoms with Crippen LogP contribution in [0.25, 0.3) is 0 Å². The molecule has 0 unspecified atom stereocenters.